The van der Waals surface area contributed by atoms with Gasteiger partial charge in [-0.3, -0.25) is 19.2 Å². The summed E-state index contributed by atoms with van der Waals surface area (Å²) in [7, 11) is 0. The van der Waals surface area contributed by atoms with E-state index in [0.29, 0.717) is 82.3 Å². The normalized spacial score (nSPS) is 80.6. The van der Waals surface area contributed by atoms with E-state index in [9.17, 15) is 19.2 Å². The van der Waals surface area contributed by atoms with Crippen LogP contribution >= 0.6 is 0 Å². The lowest BCUT2D eigenvalue weighted by molar-refractivity contribution is -0.145. The van der Waals surface area contributed by atoms with Crippen molar-refractivity contribution in [2.75, 3.05) is 0 Å². The maximum atomic E-state index is 12.9. The van der Waals surface area contributed by atoms with Crippen LogP contribution in [0.5, 0.6) is 0 Å². The molecule has 10 aliphatic carbocycles. The first-order chi connectivity index (χ1) is 12.6. The van der Waals surface area contributed by atoms with Crippen molar-refractivity contribution in [3.8, 4) is 0 Å². The Kier molecular flexibility index (Phi) is 1.37. The first-order valence-electron chi connectivity index (χ1n) is 10.8. The summed E-state index contributed by atoms with van der Waals surface area (Å²) in [4.78, 5) is 51.7. The van der Waals surface area contributed by atoms with Gasteiger partial charge in [0, 0.05) is 47.3 Å². The fourth-order valence-corrected chi connectivity index (χ4v) is 12.9. The van der Waals surface area contributed by atoms with Crippen molar-refractivity contribution in [3.63, 3.8) is 0 Å². The monoisotopic (exact) mass is 346 g/mol. The molecule has 10 aliphatic rings. The van der Waals surface area contributed by atoms with Gasteiger partial charge in [0.25, 0.3) is 0 Å². The van der Waals surface area contributed by atoms with Crippen LogP contribution in [0.25, 0.3) is 0 Å². The van der Waals surface area contributed by atoms with Crippen molar-refractivity contribution >= 4 is 23.1 Å². The van der Waals surface area contributed by atoms with Crippen LogP contribution in [0.3, 0.4) is 0 Å². The molecule has 10 saturated carbocycles. The number of ketones is 4. The lowest BCUT2D eigenvalue weighted by Crippen LogP contribution is -2.47. The van der Waals surface area contributed by atoms with Crippen LogP contribution in [0.15, 0.2) is 0 Å². The second kappa shape index (κ2) is 2.91. The van der Waals surface area contributed by atoms with Gasteiger partial charge < -0.3 is 0 Å². The van der Waals surface area contributed by atoms with Crippen LogP contribution in [0, 0.1) is 107 Å². The van der Waals surface area contributed by atoms with E-state index in [-0.39, 0.29) is 47.3 Å². The molecule has 10 rings (SSSR count). The zero-order valence-electron chi connectivity index (χ0n) is 14.0. The van der Waals surface area contributed by atoms with E-state index in [4.69, 9.17) is 0 Å². The smallest absolute Gasteiger partial charge is 0.141 e. The van der Waals surface area contributed by atoms with Crippen LogP contribution in [-0.2, 0) is 19.2 Å². The van der Waals surface area contributed by atoms with Crippen LogP contribution < -0.4 is 0 Å². The number of carbonyl (C=O) groups excluding carboxylic acids is 4. The van der Waals surface area contributed by atoms with E-state index >= 15 is 0 Å². The Bertz CT molecular complexity index is 827. The van der Waals surface area contributed by atoms with Gasteiger partial charge >= 0.3 is 0 Å². The Hall–Kier alpha value is -1.32. The Morgan fingerprint density at radius 3 is 0.615 bits per heavy atom. The second-order valence-electron chi connectivity index (χ2n) is 11.6. The summed E-state index contributed by atoms with van der Waals surface area (Å²) in [6.45, 7) is 0. The number of Topliss-reactive ketones (excluding diaryl/α,β-unsaturated/α-hetero) is 4. The average molecular weight is 346 g/mol. The van der Waals surface area contributed by atoms with Crippen molar-refractivity contribution in [1.29, 1.82) is 0 Å². The summed E-state index contributed by atoms with van der Waals surface area (Å²) in [5.74, 6) is 7.00. The molecule has 0 aromatic rings. The lowest BCUT2D eigenvalue weighted by Gasteiger charge is -2.42. The summed E-state index contributed by atoms with van der Waals surface area (Å²) >= 11 is 0. The molecule has 10 fully saturated rings. The summed E-state index contributed by atoms with van der Waals surface area (Å²) in [5.41, 5.74) is 0. The zero-order chi connectivity index (χ0) is 16.7. The highest BCUT2D eigenvalue weighted by atomic mass is 16.2. The summed E-state index contributed by atoms with van der Waals surface area (Å²) in [5, 5.41) is 0. The Balaban J connectivity index is 1.20. The zero-order valence-corrected chi connectivity index (χ0v) is 14.0. The van der Waals surface area contributed by atoms with Gasteiger partial charge in [0.2, 0.25) is 0 Å². The molecule has 0 amide bonds. The molecule has 4 bridgehead atoms. The molecular formula is C22H18O4. The largest absolute Gasteiger partial charge is 0.299 e. The van der Waals surface area contributed by atoms with E-state index in [1.165, 1.54) is 0 Å². The molecule has 0 heterocycles. The average Bonchev–Trinajstić information content (AvgIpc) is 3.23. The molecular weight excluding hydrogens is 328 g/mol. The van der Waals surface area contributed by atoms with Crippen LogP contribution in [0.4, 0.5) is 0 Å². The highest BCUT2D eigenvalue weighted by Gasteiger charge is 2.92. The molecule has 4 heteroatoms. The first-order valence-corrected chi connectivity index (χ1v) is 10.8. The van der Waals surface area contributed by atoms with Gasteiger partial charge in [-0.2, -0.15) is 0 Å². The number of hydrogen-bond acceptors (Lipinski definition) is 4. The summed E-state index contributed by atoms with van der Waals surface area (Å²) < 4.78 is 0. The van der Waals surface area contributed by atoms with E-state index in [1.807, 2.05) is 0 Å². The minimum Gasteiger partial charge on any atom is -0.299 e. The van der Waals surface area contributed by atoms with Gasteiger partial charge in [-0.1, -0.05) is 0 Å². The third kappa shape index (κ3) is 0.708. The third-order valence-corrected chi connectivity index (χ3v) is 12.4. The van der Waals surface area contributed by atoms with Crippen LogP contribution in [0.1, 0.15) is 0 Å². The quantitative estimate of drug-likeness (QED) is 0.693. The highest BCUT2D eigenvalue weighted by Crippen LogP contribution is 2.89. The van der Waals surface area contributed by atoms with Crippen LogP contribution in [-0.4, -0.2) is 23.1 Å². The first kappa shape index (κ1) is 12.2. The van der Waals surface area contributed by atoms with Crippen molar-refractivity contribution in [1.82, 2.24) is 0 Å². The van der Waals surface area contributed by atoms with Crippen molar-refractivity contribution in [2.24, 2.45) is 107 Å². The molecule has 16 atom stereocenters. The predicted octanol–water partition coefficient (Wildman–Crippen LogP) is 0.490. The van der Waals surface area contributed by atoms with Gasteiger partial charge in [-0.15, -0.1) is 0 Å². The van der Waals surface area contributed by atoms with E-state index in [0.717, 1.165) is 0 Å². The minimum atomic E-state index is 0.0385. The molecule has 0 aliphatic heterocycles. The van der Waals surface area contributed by atoms with E-state index in [1.54, 1.807) is 0 Å². The van der Waals surface area contributed by atoms with Gasteiger partial charge in [0.1, 0.15) is 23.1 Å². The topological polar surface area (TPSA) is 68.3 Å². The maximum absolute atomic E-state index is 12.9. The van der Waals surface area contributed by atoms with Crippen molar-refractivity contribution in [2.45, 2.75) is 0 Å². The number of rotatable bonds is 1. The predicted molar refractivity (Wildman–Crippen MR) is 82.8 cm³/mol. The van der Waals surface area contributed by atoms with Crippen molar-refractivity contribution in [3.05, 3.63) is 0 Å². The Morgan fingerprint density at radius 1 is 0.269 bits per heavy atom. The van der Waals surface area contributed by atoms with E-state index in [2.05, 4.69) is 0 Å². The molecule has 0 radical (unpaired) electrons. The molecule has 0 saturated heterocycles. The molecule has 0 aromatic carbocycles. The molecule has 0 aromatic heterocycles. The number of carbonyl (C=O) groups is 4. The number of hydrogen-bond donors (Lipinski definition) is 0. The van der Waals surface area contributed by atoms with Gasteiger partial charge in [0.15, 0.2) is 0 Å². The number of fused-ring (bicyclic) bond motifs is 5. The molecule has 0 N–H and O–H groups in total. The molecule has 4 nitrogen and oxygen atoms in total. The standard InChI is InChI=1S/C22H18O4/c23-19-11-3-1(4-8-7(3)15(19)16(8)20(24)12(4)11)2-5-9-10-6(2)14-13(5)21(25)17(9)18(10)22(14)26/h1-18H. The lowest BCUT2D eigenvalue weighted by atomic mass is 9.59. The van der Waals surface area contributed by atoms with E-state index < -0.39 is 0 Å². The van der Waals surface area contributed by atoms with Crippen LogP contribution in [0.2, 0.25) is 0 Å². The molecule has 16 unspecified atom stereocenters. The molecule has 130 valence electrons. The second-order valence-corrected chi connectivity index (χ2v) is 11.6. The van der Waals surface area contributed by atoms with Gasteiger partial charge in [-0.05, 0) is 59.2 Å². The fourth-order valence-electron chi connectivity index (χ4n) is 12.9. The summed E-state index contributed by atoms with van der Waals surface area (Å²) in [6, 6.07) is 0. The van der Waals surface area contributed by atoms with Gasteiger partial charge in [0.05, 0.1) is 0 Å². The minimum absolute atomic E-state index is 0.0385. The molecule has 0 spiro atoms. The third-order valence-electron chi connectivity index (χ3n) is 12.4. The van der Waals surface area contributed by atoms with Gasteiger partial charge in [-0.25, -0.2) is 0 Å². The SMILES string of the molecule is O=C1C2C3C(=O)C4C1C1C2C3C4C1C1C2C3C(=O)C4C5C(=O)C3C1C5C42. The Labute approximate surface area is 149 Å². The highest BCUT2D eigenvalue weighted by molar-refractivity contribution is 6.08. The summed E-state index contributed by atoms with van der Waals surface area (Å²) in [6.07, 6.45) is 0. The van der Waals surface area contributed by atoms with Crippen molar-refractivity contribution < 1.29 is 19.2 Å². The molecule has 26 heavy (non-hydrogen) atoms. The fraction of sp³-hybridized carbons (Fsp3) is 0.818. The maximum Gasteiger partial charge on any atom is 0.141 e. The Morgan fingerprint density at radius 2 is 0.423 bits per heavy atom.